The smallest absolute Gasteiger partial charge is 0.333 e. The number of hydrogen-bond acceptors (Lipinski definition) is 5. The molecule has 1 aromatic heterocycles. The van der Waals surface area contributed by atoms with E-state index in [0.29, 0.717) is 4.57 Å². The van der Waals surface area contributed by atoms with Crippen LogP contribution in [0.2, 0.25) is 0 Å². The second kappa shape index (κ2) is 4.72. The van der Waals surface area contributed by atoms with E-state index in [4.69, 9.17) is 4.55 Å². The molecule has 1 rings (SSSR count). The van der Waals surface area contributed by atoms with E-state index < -0.39 is 39.5 Å². The molecule has 0 aromatic carbocycles. The van der Waals surface area contributed by atoms with Crippen LogP contribution in [0.5, 0.6) is 5.88 Å². The molecule has 0 spiro atoms. The maximum atomic E-state index is 11.6. The third-order valence-electron chi connectivity index (χ3n) is 2.15. The topological polar surface area (TPSA) is 119 Å². The third-order valence-corrected chi connectivity index (χ3v) is 2.84. The molecule has 9 heteroatoms. The van der Waals surface area contributed by atoms with Crippen molar-refractivity contribution in [2.75, 3.05) is 5.75 Å². The molecule has 0 aliphatic rings. The second-order valence-corrected chi connectivity index (χ2v) is 4.88. The minimum Gasteiger partial charge on any atom is -0.494 e. The fraction of sp³-hybridized carbons (Fsp3) is 0.500. The quantitative estimate of drug-likeness (QED) is 0.647. The van der Waals surface area contributed by atoms with Gasteiger partial charge in [0.15, 0.2) is 0 Å². The van der Waals surface area contributed by atoms with Crippen molar-refractivity contribution in [3.8, 4) is 5.88 Å². The van der Waals surface area contributed by atoms with E-state index in [1.54, 1.807) is 6.92 Å². The summed E-state index contributed by atoms with van der Waals surface area (Å²) in [4.78, 5) is 22.9. The lowest BCUT2D eigenvalue weighted by Gasteiger charge is -2.09. The molecular formula is C8H12N2O6S. The van der Waals surface area contributed by atoms with Crippen LogP contribution in [0.3, 0.4) is 0 Å². The molecular weight excluding hydrogens is 252 g/mol. The molecule has 0 saturated heterocycles. The van der Waals surface area contributed by atoms with Crippen molar-refractivity contribution >= 4 is 10.1 Å². The summed E-state index contributed by atoms with van der Waals surface area (Å²) in [6, 6.07) is 0.814. The highest BCUT2D eigenvalue weighted by Crippen LogP contribution is 2.01. The Morgan fingerprint density at radius 1 is 1.29 bits per heavy atom. The van der Waals surface area contributed by atoms with Crippen LogP contribution < -0.4 is 11.2 Å². The van der Waals surface area contributed by atoms with Crippen molar-refractivity contribution in [1.29, 1.82) is 0 Å². The normalized spacial score (nSPS) is 11.6. The zero-order valence-electron chi connectivity index (χ0n) is 9.03. The Hall–Kier alpha value is -1.61. The Morgan fingerprint density at radius 3 is 2.35 bits per heavy atom. The van der Waals surface area contributed by atoms with E-state index >= 15 is 0 Å². The summed E-state index contributed by atoms with van der Waals surface area (Å²) in [6.07, 6.45) is 0. The Kier molecular flexibility index (Phi) is 3.73. The predicted molar refractivity (Wildman–Crippen MR) is 58.7 cm³/mol. The fourth-order valence-corrected chi connectivity index (χ4v) is 1.73. The molecule has 17 heavy (non-hydrogen) atoms. The van der Waals surface area contributed by atoms with Gasteiger partial charge in [0.05, 0.1) is 11.8 Å². The number of hydrogen-bond donors (Lipinski definition) is 2. The summed E-state index contributed by atoms with van der Waals surface area (Å²) in [6.45, 7) is 1.24. The standard InChI is InChI=1S/C8H12N2O6S/c1-2-9-6(11)5-7(12)10(8(9)13)3-4-17(14,15)16/h5,12H,2-4H2,1H3,(H,14,15,16). The molecule has 1 aromatic rings. The summed E-state index contributed by atoms with van der Waals surface area (Å²) in [7, 11) is -4.24. The van der Waals surface area contributed by atoms with Gasteiger partial charge in [-0.15, -0.1) is 0 Å². The SMILES string of the molecule is CCn1c(=O)cc(O)n(CCS(=O)(=O)O)c1=O. The van der Waals surface area contributed by atoms with Gasteiger partial charge in [-0.1, -0.05) is 0 Å². The van der Waals surface area contributed by atoms with Gasteiger partial charge in [-0.05, 0) is 6.92 Å². The fourth-order valence-electron chi connectivity index (χ4n) is 1.31. The highest BCUT2D eigenvalue weighted by atomic mass is 32.2. The van der Waals surface area contributed by atoms with Gasteiger partial charge in [-0.25, -0.2) is 4.79 Å². The van der Waals surface area contributed by atoms with Crippen LogP contribution in [0, 0.1) is 0 Å². The van der Waals surface area contributed by atoms with E-state index in [2.05, 4.69) is 0 Å². The van der Waals surface area contributed by atoms with Gasteiger partial charge >= 0.3 is 5.69 Å². The second-order valence-electron chi connectivity index (χ2n) is 3.31. The largest absolute Gasteiger partial charge is 0.494 e. The van der Waals surface area contributed by atoms with Crippen molar-refractivity contribution in [1.82, 2.24) is 9.13 Å². The average Bonchev–Trinajstić information content (AvgIpc) is 2.15. The molecule has 0 fully saturated rings. The van der Waals surface area contributed by atoms with Crippen molar-refractivity contribution in [3.05, 3.63) is 26.9 Å². The number of aromatic hydroxyl groups is 1. The number of nitrogens with zero attached hydrogens (tertiary/aromatic N) is 2. The minimum atomic E-state index is -4.24. The van der Waals surface area contributed by atoms with Gasteiger partial charge in [-0.3, -0.25) is 18.5 Å². The van der Waals surface area contributed by atoms with Gasteiger partial charge in [0, 0.05) is 13.1 Å². The summed E-state index contributed by atoms with van der Waals surface area (Å²) in [5.41, 5.74) is -1.49. The van der Waals surface area contributed by atoms with Crippen LogP contribution in [0.1, 0.15) is 6.92 Å². The van der Waals surface area contributed by atoms with E-state index in [1.807, 2.05) is 0 Å². The van der Waals surface area contributed by atoms with Crippen molar-refractivity contribution in [3.63, 3.8) is 0 Å². The van der Waals surface area contributed by atoms with Crippen LogP contribution in [0.25, 0.3) is 0 Å². The monoisotopic (exact) mass is 264 g/mol. The van der Waals surface area contributed by atoms with Crippen molar-refractivity contribution < 1.29 is 18.1 Å². The Labute approximate surface area is 96.5 Å². The molecule has 0 radical (unpaired) electrons. The molecule has 0 atom stereocenters. The van der Waals surface area contributed by atoms with E-state index in [-0.39, 0.29) is 6.54 Å². The molecule has 0 unspecified atom stereocenters. The number of aromatic nitrogens is 2. The molecule has 0 saturated carbocycles. The lowest BCUT2D eigenvalue weighted by molar-refractivity contribution is 0.393. The van der Waals surface area contributed by atoms with Gasteiger partial charge in [0.1, 0.15) is 0 Å². The van der Waals surface area contributed by atoms with Gasteiger partial charge in [-0.2, -0.15) is 8.42 Å². The van der Waals surface area contributed by atoms with Crippen LogP contribution in [-0.4, -0.2) is 33.0 Å². The molecule has 2 N–H and O–H groups in total. The van der Waals surface area contributed by atoms with Crippen molar-refractivity contribution in [2.24, 2.45) is 0 Å². The molecule has 0 aliphatic carbocycles. The van der Waals surface area contributed by atoms with Crippen molar-refractivity contribution in [2.45, 2.75) is 20.0 Å². The molecule has 1 heterocycles. The summed E-state index contributed by atoms with van der Waals surface area (Å²) in [5.74, 6) is -1.35. The highest BCUT2D eigenvalue weighted by molar-refractivity contribution is 7.85. The lowest BCUT2D eigenvalue weighted by Crippen LogP contribution is -2.39. The average molecular weight is 264 g/mol. The van der Waals surface area contributed by atoms with E-state index in [9.17, 15) is 23.1 Å². The zero-order valence-corrected chi connectivity index (χ0v) is 9.85. The van der Waals surface area contributed by atoms with Crippen LogP contribution in [-0.2, 0) is 23.2 Å². The van der Waals surface area contributed by atoms with Crippen LogP contribution in [0.15, 0.2) is 15.7 Å². The first-order valence-corrected chi connectivity index (χ1v) is 6.36. The third kappa shape index (κ3) is 3.17. The maximum absolute atomic E-state index is 11.6. The Morgan fingerprint density at radius 2 is 1.88 bits per heavy atom. The highest BCUT2D eigenvalue weighted by Gasteiger charge is 2.12. The van der Waals surface area contributed by atoms with Crippen LogP contribution >= 0.6 is 0 Å². The molecule has 96 valence electrons. The first kappa shape index (κ1) is 13.5. The first-order valence-electron chi connectivity index (χ1n) is 4.75. The molecule has 0 aliphatic heterocycles. The minimum absolute atomic E-state index is 0.101. The zero-order chi connectivity index (χ0) is 13.2. The maximum Gasteiger partial charge on any atom is 0.333 e. The molecule has 0 amide bonds. The summed E-state index contributed by atoms with van der Waals surface area (Å²) in [5, 5.41) is 9.36. The lowest BCUT2D eigenvalue weighted by atomic mass is 10.5. The van der Waals surface area contributed by atoms with Crippen LogP contribution in [0.4, 0.5) is 0 Å². The molecule has 8 nitrogen and oxygen atoms in total. The van der Waals surface area contributed by atoms with Gasteiger partial charge in [0.25, 0.3) is 15.7 Å². The molecule has 0 bridgehead atoms. The summed E-state index contributed by atoms with van der Waals surface area (Å²) < 4.78 is 31.2. The summed E-state index contributed by atoms with van der Waals surface area (Å²) >= 11 is 0. The number of rotatable bonds is 4. The van der Waals surface area contributed by atoms with Gasteiger partial charge < -0.3 is 5.11 Å². The Balaban J connectivity index is 3.26. The van der Waals surface area contributed by atoms with E-state index in [1.165, 1.54) is 0 Å². The predicted octanol–water partition coefficient (Wildman–Crippen LogP) is -1.38. The van der Waals surface area contributed by atoms with E-state index in [0.717, 1.165) is 10.6 Å². The first-order chi connectivity index (χ1) is 7.76. The Bertz CT molecular complexity index is 626. The van der Waals surface area contributed by atoms with Gasteiger partial charge in [0.2, 0.25) is 5.88 Å².